The zero-order valence-electron chi connectivity index (χ0n) is 11.9. The van der Waals surface area contributed by atoms with Crippen molar-refractivity contribution in [2.24, 2.45) is 0 Å². The van der Waals surface area contributed by atoms with E-state index in [1.54, 1.807) is 0 Å². The summed E-state index contributed by atoms with van der Waals surface area (Å²) in [5.74, 6) is 0. The number of nitrogens with zero attached hydrogens (tertiary/aromatic N) is 1. The van der Waals surface area contributed by atoms with E-state index in [0.29, 0.717) is 0 Å². The first-order valence-electron chi connectivity index (χ1n) is 6.04. The zero-order valence-corrected chi connectivity index (χ0v) is 15.1. The summed E-state index contributed by atoms with van der Waals surface area (Å²) in [5.41, 5.74) is 9.19. The minimum Gasteiger partial charge on any atom is -0.672 e. The predicted octanol–water partition coefficient (Wildman–Crippen LogP) is 4.77. The van der Waals surface area contributed by atoms with Gasteiger partial charge < -0.3 is 15.3 Å². The van der Waals surface area contributed by atoms with Crippen molar-refractivity contribution in [3.8, 4) is 0 Å². The maximum Gasteiger partial charge on any atom is 0.0782 e. The number of hydrogen-bond donors (Lipinski definition) is 0. The second-order valence-electron chi connectivity index (χ2n) is 3.89. The number of rotatable bonds is 1. The first-order chi connectivity index (χ1) is 11.3. The molecule has 0 unspecified atom stereocenters. The van der Waals surface area contributed by atoms with Crippen LogP contribution in [-0.4, -0.2) is 18.6 Å². The molecule has 0 aliphatic carbocycles. The van der Waals surface area contributed by atoms with Gasteiger partial charge in [-0.15, -0.1) is 6.54 Å². The summed E-state index contributed by atoms with van der Waals surface area (Å²) in [6, 6.07) is 16.4. The van der Waals surface area contributed by atoms with Crippen LogP contribution in [0.1, 0.15) is 5.69 Å². The van der Waals surface area contributed by atoms with E-state index in [0.717, 1.165) is 22.0 Å². The fourth-order valence-electron chi connectivity index (χ4n) is 2.00. The molecule has 0 atom stereocenters. The molecule has 1 N–H and O–H groups in total. The summed E-state index contributed by atoms with van der Waals surface area (Å²) in [6.07, 6.45) is 0. The number of fused-ring (bicyclic) bond motifs is 3. The Balaban J connectivity index is 0.000000609. The Bertz CT molecular complexity index is 727. The summed E-state index contributed by atoms with van der Waals surface area (Å²) in [6.45, 7) is 6.74. The second kappa shape index (κ2) is 13.1. The number of nitrogens with one attached hydrogen (secondary N) is 1. The molecule has 23 heavy (non-hydrogen) atoms. The summed E-state index contributed by atoms with van der Waals surface area (Å²) in [5, 5.41) is 3.50. The molecule has 3 aromatic rings. The maximum absolute atomic E-state index is 7.75. The molecule has 1 heterocycles. The van der Waals surface area contributed by atoms with Crippen LogP contribution < -0.4 is 0 Å². The monoisotopic (exact) mass is 437 g/mol. The fourth-order valence-corrected chi connectivity index (χ4v) is 2.00. The van der Waals surface area contributed by atoms with Crippen LogP contribution in [0.2, 0.25) is 0 Å². The molecule has 0 radical (unpaired) electrons. The molecule has 2 aromatic carbocycles. The van der Waals surface area contributed by atoms with Gasteiger partial charge in [0, 0.05) is 16.5 Å². The zero-order chi connectivity index (χ0) is 17.7. The minimum absolute atomic E-state index is 0.235. The molecule has 124 valence electrons. The van der Waals surface area contributed by atoms with Gasteiger partial charge in [0.1, 0.15) is 0 Å². The summed E-state index contributed by atoms with van der Waals surface area (Å²) in [4.78, 5) is 20.0. The summed E-state index contributed by atoms with van der Waals surface area (Å²) in [7, 11) is 9.71. The number of hydrogen-bond acceptors (Lipinski definition) is 3. The van der Waals surface area contributed by atoms with Crippen LogP contribution in [0.25, 0.3) is 27.4 Å². The van der Waals surface area contributed by atoms with Gasteiger partial charge in [0.25, 0.3) is 0 Å². The van der Waals surface area contributed by atoms with Crippen LogP contribution >= 0.6 is 19.4 Å². The first-order valence-corrected chi connectivity index (χ1v) is 10.5. The van der Waals surface area contributed by atoms with Crippen molar-refractivity contribution < 1.29 is 24.7 Å². The van der Waals surface area contributed by atoms with Crippen LogP contribution in [0.15, 0.2) is 48.5 Å². The average molecular weight is 437 g/mol. The quantitative estimate of drug-likeness (QED) is 0.238. The summed E-state index contributed by atoms with van der Waals surface area (Å²) >= 11 is -0.346. The van der Waals surface area contributed by atoms with Gasteiger partial charge in [-0.2, -0.15) is 0 Å². The molecular weight excluding hydrogens is 424 g/mol. The van der Waals surface area contributed by atoms with E-state index in [1.165, 1.54) is 5.39 Å². The van der Waals surface area contributed by atoms with Crippen LogP contribution in [0.5, 0.6) is 0 Å². The van der Waals surface area contributed by atoms with E-state index in [-0.39, 0.29) is 21.7 Å². The van der Waals surface area contributed by atoms with Crippen molar-refractivity contribution in [1.82, 2.24) is 4.98 Å². The van der Waals surface area contributed by atoms with Crippen LogP contribution in [0.4, 0.5) is 0 Å². The van der Waals surface area contributed by atoms with Crippen molar-refractivity contribution in [2.75, 3.05) is 0 Å². The molecule has 4 nitrogen and oxygen atoms in total. The third-order valence-corrected chi connectivity index (χ3v) is 2.82. The maximum atomic E-state index is 7.75. The first kappa shape index (κ1) is 21.6. The molecule has 0 saturated heterocycles. The SMILES string of the molecule is [CH-]=O.[CH-]=O.[Cl][Ru][Cl].[NH-]Cc1ccc2ccc3ccccc3c2n1. The molecule has 0 spiro atoms. The van der Waals surface area contributed by atoms with Gasteiger partial charge in [-0.25, -0.2) is 0 Å². The number of aromatic nitrogens is 1. The third-order valence-electron chi connectivity index (χ3n) is 2.82. The van der Waals surface area contributed by atoms with Gasteiger partial charge >= 0.3 is 34.5 Å². The third kappa shape index (κ3) is 6.32. The van der Waals surface area contributed by atoms with E-state index < -0.39 is 0 Å². The van der Waals surface area contributed by atoms with Gasteiger partial charge in [-0.05, 0) is 11.5 Å². The van der Waals surface area contributed by atoms with Gasteiger partial charge in [0.2, 0.25) is 0 Å². The van der Waals surface area contributed by atoms with Gasteiger partial charge in [0.15, 0.2) is 0 Å². The van der Waals surface area contributed by atoms with Gasteiger partial charge in [0.05, 0.1) is 5.52 Å². The minimum atomic E-state index is -0.346. The Kier molecular flexibility index (Phi) is 12.3. The molecule has 0 amide bonds. The predicted molar refractivity (Wildman–Crippen MR) is 92.5 cm³/mol. The Morgan fingerprint density at radius 1 is 0.913 bits per heavy atom. The van der Waals surface area contributed by atoms with E-state index in [1.807, 2.05) is 24.3 Å². The number of pyridine rings is 1. The normalized spacial score (nSPS) is 9.00. The van der Waals surface area contributed by atoms with Crippen LogP contribution in [0.3, 0.4) is 0 Å². The largest absolute Gasteiger partial charge is 0.672 e. The molecular formula is C16H13Cl2N2O2Ru-3. The topological polar surface area (TPSA) is 70.8 Å². The van der Waals surface area contributed by atoms with Crippen molar-refractivity contribution in [2.45, 2.75) is 6.54 Å². The van der Waals surface area contributed by atoms with E-state index in [4.69, 9.17) is 34.7 Å². The Hall–Kier alpha value is -1.39. The number of halogens is 2. The second-order valence-corrected chi connectivity index (χ2v) is 6.53. The molecule has 0 saturated carbocycles. The molecule has 7 heteroatoms. The Labute approximate surface area is 150 Å². The van der Waals surface area contributed by atoms with Gasteiger partial charge in [-0.3, -0.25) is 18.6 Å². The Morgan fingerprint density at radius 3 is 2.04 bits per heavy atom. The van der Waals surface area contributed by atoms with Gasteiger partial charge in [-0.1, -0.05) is 42.5 Å². The Morgan fingerprint density at radius 2 is 1.43 bits per heavy atom. The number of benzene rings is 2. The van der Waals surface area contributed by atoms with Crippen molar-refractivity contribution in [3.63, 3.8) is 0 Å². The van der Waals surface area contributed by atoms with E-state index in [9.17, 15) is 0 Å². The van der Waals surface area contributed by atoms with E-state index in [2.05, 4.69) is 42.8 Å². The standard InChI is InChI=1S/C14H11N2.2CHO.2ClH.Ru/c15-9-12-8-7-11-6-5-10-3-1-2-4-13(10)14(11)16-12;2*1-2;;;/h1-8,15H,9H2;2*1H;2*1H;/q3*-1;;;+2/p-2. The molecule has 0 aliphatic heterocycles. The van der Waals surface area contributed by atoms with Crippen molar-refractivity contribution in [1.29, 1.82) is 0 Å². The molecule has 0 aliphatic rings. The molecule has 0 fully saturated rings. The molecule has 0 bridgehead atoms. The number of carbonyl (C=O) groups excluding carboxylic acids is 2. The molecule has 3 rings (SSSR count). The van der Waals surface area contributed by atoms with Crippen molar-refractivity contribution >= 4 is 54.6 Å². The van der Waals surface area contributed by atoms with Crippen LogP contribution in [0, 0.1) is 0 Å². The summed E-state index contributed by atoms with van der Waals surface area (Å²) < 4.78 is 0. The molecule has 1 aromatic heterocycles. The van der Waals surface area contributed by atoms with Crippen LogP contribution in [-0.2, 0) is 31.3 Å². The average Bonchev–Trinajstić information content (AvgIpc) is 2.65. The van der Waals surface area contributed by atoms with E-state index >= 15 is 0 Å². The van der Waals surface area contributed by atoms with Crippen molar-refractivity contribution in [3.05, 3.63) is 60.0 Å². The smallest absolute Gasteiger partial charge is 0.0782 e. The fraction of sp³-hybridized carbons (Fsp3) is 0.0625.